The van der Waals surface area contributed by atoms with Gasteiger partial charge in [-0.2, -0.15) is 0 Å². The Kier molecular flexibility index (Phi) is 3.65. The van der Waals surface area contributed by atoms with Gasteiger partial charge in [0.05, 0.1) is 0 Å². The van der Waals surface area contributed by atoms with Gasteiger partial charge in [0.2, 0.25) is 0 Å². The minimum absolute atomic E-state index is 0.861. The molecule has 0 aliphatic heterocycles. The van der Waals surface area contributed by atoms with Gasteiger partial charge in [-0.3, -0.25) is 0 Å². The maximum absolute atomic E-state index is 4.03. The Hall–Kier alpha value is -2.26. The maximum atomic E-state index is 4.03. The molecule has 88 valence electrons. The topological polar surface area (TPSA) is 0 Å². The maximum Gasteiger partial charge on any atom is 0.0251 e. The van der Waals surface area contributed by atoms with Crippen LogP contribution in [0.5, 0.6) is 0 Å². The summed E-state index contributed by atoms with van der Waals surface area (Å²) in [7, 11) is 0. The third kappa shape index (κ3) is 3.12. The monoisotopic (exact) mass is 232 g/mol. The van der Waals surface area contributed by atoms with E-state index in [1.54, 1.807) is 0 Å². The number of benzene rings is 2. The highest BCUT2D eigenvalue weighted by atomic mass is 14.0. The van der Waals surface area contributed by atoms with Crippen LogP contribution in [0.4, 0.5) is 0 Å². The molecule has 0 N–H and O–H groups in total. The first-order chi connectivity index (χ1) is 8.65. The van der Waals surface area contributed by atoms with Gasteiger partial charge in [0.1, 0.15) is 0 Å². The summed E-state index contributed by atoms with van der Waals surface area (Å²) in [6, 6.07) is 16.4. The van der Waals surface area contributed by atoms with E-state index in [-0.39, 0.29) is 0 Å². The highest BCUT2D eigenvalue weighted by Crippen LogP contribution is 2.13. The predicted octanol–water partition coefficient (Wildman–Crippen LogP) is 4.37. The standard InChI is InChI=1S/C18H16/c1-14-6-4-8-17(12-14)11-10-16(3)18-9-5-7-15(2)13-18/h4-9,12-13H,3H2,1-2H3. The van der Waals surface area contributed by atoms with Gasteiger partial charge in [-0.25, -0.2) is 0 Å². The van der Waals surface area contributed by atoms with E-state index in [1.165, 1.54) is 11.1 Å². The van der Waals surface area contributed by atoms with E-state index >= 15 is 0 Å². The molecule has 0 aliphatic carbocycles. The molecule has 0 aromatic heterocycles. The summed E-state index contributed by atoms with van der Waals surface area (Å²) in [6.07, 6.45) is 0. The van der Waals surface area contributed by atoms with Gasteiger partial charge in [-0.15, -0.1) is 0 Å². The molecule has 0 unspecified atom stereocenters. The van der Waals surface area contributed by atoms with E-state index < -0.39 is 0 Å². The second-order valence-corrected chi connectivity index (χ2v) is 4.47. The van der Waals surface area contributed by atoms with Crippen molar-refractivity contribution in [1.29, 1.82) is 0 Å². The summed E-state index contributed by atoms with van der Waals surface area (Å²) in [5, 5.41) is 0. The lowest BCUT2D eigenvalue weighted by atomic mass is 10.0. The average Bonchev–Trinajstić information content (AvgIpc) is 2.36. The zero-order valence-electron chi connectivity index (χ0n) is 10.8. The van der Waals surface area contributed by atoms with Crippen LogP contribution in [-0.4, -0.2) is 0 Å². The molecule has 0 heteroatoms. The number of aryl methyl sites for hydroxylation is 2. The van der Waals surface area contributed by atoms with Crippen molar-refractivity contribution in [2.24, 2.45) is 0 Å². The summed E-state index contributed by atoms with van der Waals surface area (Å²) >= 11 is 0. The zero-order chi connectivity index (χ0) is 13.0. The lowest BCUT2D eigenvalue weighted by Gasteiger charge is -1.99. The van der Waals surface area contributed by atoms with Crippen molar-refractivity contribution in [3.8, 4) is 11.8 Å². The molecule has 0 amide bonds. The van der Waals surface area contributed by atoms with Gasteiger partial charge in [-0.05, 0) is 37.1 Å². The third-order valence-corrected chi connectivity index (χ3v) is 2.74. The first kappa shape index (κ1) is 12.2. The summed E-state index contributed by atoms with van der Waals surface area (Å²) in [5.41, 5.74) is 5.44. The molecular formula is C18H16. The van der Waals surface area contributed by atoms with Crippen LogP contribution in [0.3, 0.4) is 0 Å². The largest absolute Gasteiger partial charge is 0.0827 e. The van der Waals surface area contributed by atoms with Gasteiger partial charge in [0.25, 0.3) is 0 Å². The molecule has 0 bridgehead atoms. The third-order valence-electron chi connectivity index (χ3n) is 2.74. The fourth-order valence-electron chi connectivity index (χ4n) is 1.78. The van der Waals surface area contributed by atoms with E-state index in [1.807, 2.05) is 24.3 Å². The van der Waals surface area contributed by atoms with Gasteiger partial charge in [-0.1, -0.05) is 60.4 Å². The summed E-state index contributed by atoms with van der Waals surface area (Å²) in [4.78, 5) is 0. The van der Waals surface area contributed by atoms with Crippen molar-refractivity contribution in [1.82, 2.24) is 0 Å². The van der Waals surface area contributed by atoms with Crippen molar-refractivity contribution in [3.63, 3.8) is 0 Å². The quantitative estimate of drug-likeness (QED) is 0.640. The Morgan fingerprint density at radius 3 is 2.28 bits per heavy atom. The highest BCUT2D eigenvalue weighted by Gasteiger charge is 1.95. The molecule has 0 aliphatic rings. The van der Waals surface area contributed by atoms with Crippen LogP contribution in [0.2, 0.25) is 0 Å². The minimum atomic E-state index is 0.861. The SMILES string of the molecule is C=C(C#Cc1cccc(C)c1)c1cccc(C)c1. The number of rotatable bonds is 1. The van der Waals surface area contributed by atoms with E-state index in [9.17, 15) is 0 Å². The van der Waals surface area contributed by atoms with E-state index in [0.717, 1.165) is 16.7 Å². The Morgan fingerprint density at radius 1 is 0.944 bits per heavy atom. The first-order valence-corrected chi connectivity index (χ1v) is 6.00. The van der Waals surface area contributed by atoms with Crippen LogP contribution in [-0.2, 0) is 0 Å². The summed E-state index contributed by atoms with van der Waals surface area (Å²) < 4.78 is 0. The molecule has 2 aromatic rings. The van der Waals surface area contributed by atoms with Crippen molar-refractivity contribution in [2.75, 3.05) is 0 Å². The van der Waals surface area contributed by atoms with E-state index in [4.69, 9.17) is 0 Å². The average molecular weight is 232 g/mol. The second-order valence-electron chi connectivity index (χ2n) is 4.47. The lowest BCUT2D eigenvalue weighted by Crippen LogP contribution is -1.82. The molecule has 0 radical (unpaired) electrons. The van der Waals surface area contributed by atoms with Crippen molar-refractivity contribution in [2.45, 2.75) is 13.8 Å². The Balaban J connectivity index is 2.23. The predicted molar refractivity (Wildman–Crippen MR) is 78.3 cm³/mol. The van der Waals surface area contributed by atoms with Crippen molar-refractivity contribution < 1.29 is 0 Å². The van der Waals surface area contributed by atoms with Gasteiger partial charge in [0, 0.05) is 11.1 Å². The molecule has 0 saturated heterocycles. The van der Waals surface area contributed by atoms with Gasteiger partial charge in [0.15, 0.2) is 0 Å². The van der Waals surface area contributed by atoms with Crippen LogP contribution < -0.4 is 0 Å². The second kappa shape index (κ2) is 5.38. The molecule has 2 rings (SSSR count). The fourth-order valence-corrected chi connectivity index (χ4v) is 1.78. The summed E-state index contributed by atoms with van der Waals surface area (Å²) in [5.74, 6) is 6.28. The zero-order valence-corrected chi connectivity index (χ0v) is 10.8. The van der Waals surface area contributed by atoms with Gasteiger partial charge >= 0.3 is 0 Å². The van der Waals surface area contributed by atoms with Gasteiger partial charge < -0.3 is 0 Å². The van der Waals surface area contributed by atoms with Crippen LogP contribution in [0.1, 0.15) is 22.3 Å². The Bertz CT molecular complexity index is 636. The molecule has 0 atom stereocenters. The number of hydrogen-bond donors (Lipinski definition) is 0. The number of allylic oxidation sites excluding steroid dienone is 1. The molecule has 18 heavy (non-hydrogen) atoms. The van der Waals surface area contributed by atoms with Crippen LogP contribution in [0.25, 0.3) is 5.57 Å². The van der Waals surface area contributed by atoms with E-state index in [0.29, 0.717) is 0 Å². The van der Waals surface area contributed by atoms with E-state index in [2.05, 4.69) is 56.5 Å². The summed E-state index contributed by atoms with van der Waals surface area (Å²) in [6.45, 7) is 8.17. The molecule has 0 heterocycles. The van der Waals surface area contributed by atoms with Crippen LogP contribution in [0.15, 0.2) is 55.1 Å². The molecule has 0 fully saturated rings. The van der Waals surface area contributed by atoms with Crippen LogP contribution in [0, 0.1) is 25.7 Å². The van der Waals surface area contributed by atoms with Crippen molar-refractivity contribution in [3.05, 3.63) is 77.4 Å². The minimum Gasteiger partial charge on any atom is -0.0827 e. The van der Waals surface area contributed by atoms with Crippen LogP contribution >= 0.6 is 0 Å². The lowest BCUT2D eigenvalue weighted by molar-refractivity contribution is 1.45. The molecular weight excluding hydrogens is 216 g/mol. The first-order valence-electron chi connectivity index (χ1n) is 6.00. The fraction of sp³-hybridized carbons (Fsp3) is 0.111. The molecule has 0 nitrogen and oxygen atoms in total. The number of hydrogen-bond acceptors (Lipinski definition) is 0. The highest BCUT2D eigenvalue weighted by molar-refractivity contribution is 5.78. The molecule has 0 spiro atoms. The molecule has 2 aromatic carbocycles. The molecule has 0 saturated carbocycles. The van der Waals surface area contributed by atoms with Crippen molar-refractivity contribution >= 4 is 5.57 Å². The Morgan fingerprint density at radius 2 is 1.61 bits per heavy atom. The Labute approximate surface area is 109 Å². The smallest absolute Gasteiger partial charge is 0.0251 e. The normalized spacial score (nSPS) is 9.44.